The van der Waals surface area contributed by atoms with E-state index >= 15 is 0 Å². The number of benzene rings is 2. The van der Waals surface area contributed by atoms with Crippen LogP contribution in [0, 0.1) is 0 Å². The summed E-state index contributed by atoms with van der Waals surface area (Å²) in [5.41, 5.74) is 0.955. The van der Waals surface area contributed by atoms with Crippen LogP contribution in [0.2, 0.25) is 0 Å². The van der Waals surface area contributed by atoms with Crippen molar-refractivity contribution in [2.75, 3.05) is 14.2 Å². The van der Waals surface area contributed by atoms with Crippen molar-refractivity contribution >= 4 is 21.9 Å². The van der Waals surface area contributed by atoms with Gasteiger partial charge in [0.05, 0.1) is 25.0 Å². The Morgan fingerprint density at radius 3 is 1.74 bits per heavy atom. The van der Waals surface area contributed by atoms with Crippen LogP contribution in [0.3, 0.4) is 0 Å². The molecule has 0 N–H and O–H groups in total. The van der Waals surface area contributed by atoms with Crippen LogP contribution in [-0.4, -0.2) is 14.2 Å². The molecule has 3 rings (SSSR count). The van der Waals surface area contributed by atoms with E-state index < -0.39 is 0 Å². The lowest BCUT2D eigenvalue weighted by molar-refractivity contribution is 0.413. The highest BCUT2D eigenvalue weighted by Gasteiger charge is 2.09. The molecule has 0 spiro atoms. The van der Waals surface area contributed by atoms with E-state index in [1.807, 2.05) is 0 Å². The van der Waals surface area contributed by atoms with E-state index in [4.69, 9.17) is 13.9 Å². The number of hydrogen-bond acceptors (Lipinski definition) is 4. The molecule has 0 atom stereocenters. The minimum absolute atomic E-state index is 0.0541. The number of methoxy groups -OCH3 is 2. The van der Waals surface area contributed by atoms with Crippen LogP contribution < -0.4 is 14.9 Å². The predicted octanol–water partition coefficient (Wildman–Crippen LogP) is 2.96. The van der Waals surface area contributed by atoms with Gasteiger partial charge >= 0.3 is 0 Å². The summed E-state index contributed by atoms with van der Waals surface area (Å²) in [5, 5.41) is 1.08. The molecular weight excluding hydrogens is 244 g/mol. The van der Waals surface area contributed by atoms with E-state index in [2.05, 4.69) is 0 Å². The molecule has 1 aromatic heterocycles. The van der Waals surface area contributed by atoms with Crippen LogP contribution in [0.1, 0.15) is 0 Å². The van der Waals surface area contributed by atoms with Gasteiger partial charge in [0.25, 0.3) is 0 Å². The van der Waals surface area contributed by atoms with Gasteiger partial charge in [-0.2, -0.15) is 0 Å². The molecule has 4 heteroatoms. The molecule has 0 aliphatic rings. The van der Waals surface area contributed by atoms with Crippen molar-refractivity contribution < 1.29 is 13.9 Å². The molecule has 2 aromatic carbocycles. The Hall–Kier alpha value is -2.49. The highest BCUT2D eigenvalue weighted by Crippen LogP contribution is 2.25. The fourth-order valence-corrected chi connectivity index (χ4v) is 2.07. The van der Waals surface area contributed by atoms with Crippen molar-refractivity contribution in [3.05, 3.63) is 46.6 Å². The highest BCUT2D eigenvalue weighted by atomic mass is 16.5. The first-order valence-electron chi connectivity index (χ1n) is 5.81. The largest absolute Gasteiger partial charge is 0.497 e. The molecule has 0 bridgehead atoms. The molecule has 19 heavy (non-hydrogen) atoms. The van der Waals surface area contributed by atoms with Crippen LogP contribution in [0.25, 0.3) is 21.9 Å². The molecule has 0 saturated heterocycles. The zero-order valence-corrected chi connectivity index (χ0v) is 10.6. The fraction of sp³-hybridized carbons (Fsp3) is 0.133. The van der Waals surface area contributed by atoms with Crippen LogP contribution in [0.5, 0.6) is 11.5 Å². The van der Waals surface area contributed by atoms with Gasteiger partial charge < -0.3 is 13.9 Å². The van der Waals surface area contributed by atoms with Crippen molar-refractivity contribution in [1.82, 2.24) is 0 Å². The maximum absolute atomic E-state index is 12.3. The zero-order valence-electron chi connectivity index (χ0n) is 10.6. The van der Waals surface area contributed by atoms with Gasteiger partial charge in [-0.1, -0.05) is 0 Å². The molecule has 3 aromatic rings. The Kier molecular flexibility index (Phi) is 2.63. The van der Waals surface area contributed by atoms with Crippen LogP contribution in [-0.2, 0) is 0 Å². The standard InChI is InChI=1S/C15H12O4/c1-17-9-3-5-11-13(7-9)19-14-8-10(18-2)4-6-12(14)15(11)16/h3-8H,1-2H3. The van der Waals surface area contributed by atoms with Gasteiger partial charge in [0, 0.05) is 12.1 Å². The first-order chi connectivity index (χ1) is 9.22. The Balaban J connectivity index is 2.41. The topological polar surface area (TPSA) is 48.7 Å². The number of rotatable bonds is 2. The van der Waals surface area contributed by atoms with Crippen LogP contribution >= 0.6 is 0 Å². The maximum Gasteiger partial charge on any atom is 0.200 e. The molecule has 0 aliphatic carbocycles. The van der Waals surface area contributed by atoms with Crippen LogP contribution in [0.4, 0.5) is 0 Å². The van der Waals surface area contributed by atoms with E-state index in [1.165, 1.54) is 0 Å². The Bertz CT molecular complexity index is 752. The minimum Gasteiger partial charge on any atom is -0.497 e. The summed E-state index contributed by atoms with van der Waals surface area (Å²) in [6.07, 6.45) is 0. The summed E-state index contributed by atoms with van der Waals surface area (Å²) in [6, 6.07) is 10.3. The van der Waals surface area contributed by atoms with Crippen molar-refractivity contribution in [2.45, 2.75) is 0 Å². The first kappa shape index (κ1) is 11.6. The third-order valence-corrected chi connectivity index (χ3v) is 3.09. The summed E-state index contributed by atoms with van der Waals surface area (Å²) in [4.78, 5) is 12.3. The lowest BCUT2D eigenvalue weighted by Gasteiger charge is -2.05. The predicted molar refractivity (Wildman–Crippen MR) is 73.1 cm³/mol. The van der Waals surface area contributed by atoms with E-state index in [-0.39, 0.29) is 5.43 Å². The van der Waals surface area contributed by atoms with Gasteiger partial charge in [-0.15, -0.1) is 0 Å². The van der Waals surface area contributed by atoms with Gasteiger partial charge in [-0.05, 0) is 24.3 Å². The van der Waals surface area contributed by atoms with Crippen molar-refractivity contribution in [1.29, 1.82) is 0 Å². The van der Waals surface area contributed by atoms with Gasteiger partial charge in [0.1, 0.15) is 22.7 Å². The van der Waals surface area contributed by atoms with E-state index in [0.29, 0.717) is 33.4 Å². The second kappa shape index (κ2) is 4.31. The quantitative estimate of drug-likeness (QED) is 0.661. The summed E-state index contributed by atoms with van der Waals surface area (Å²) >= 11 is 0. The van der Waals surface area contributed by atoms with Crippen molar-refractivity contribution in [3.8, 4) is 11.5 Å². The SMILES string of the molecule is COc1ccc2c(=O)c3ccc(OC)cc3oc2c1. The van der Waals surface area contributed by atoms with Gasteiger partial charge in [0.2, 0.25) is 5.43 Å². The third kappa shape index (κ3) is 1.81. The summed E-state index contributed by atoms with van der Waals surface area (Å²) in [7, 11) is 3.15. The van der Waals surface area contributed by atoms with Crippen LogP contribution in [0.15, 0.2) is 45.6 Å². The molecule has 0 radical (unpaired) electrons. The third-order valence-electron chi connectivity index (χ3n) is 3.09. The number of fused-ring (bicyclic) bond motifs is 2. The smallest absolute Gasteiger partial charge is 0.200 e. The fourth-order valence-electron chi connectivity index (χ4n) is 2.07. The highest BCUT2D eigenvalue weighted by molar-refractivity contribution is 5.90. The minimum atomic E-state index is -0.0541. The monoisotopic (exact) mass is 256 g/mol. The average Bonchev–Trinajstić information content (AvgIpc) is 2.46. The van der Waals surface area contributed by atoms with Crippen molar-refractivity contribution in [3.63, 3.8) is 0 Å². The zero-order chi connectivity index (χ0) is 13.4. The second-order valence-corrected chi connectivity index (χ2v) is 4.16. The summed E-state index contributed by atoms with van der Waals surface area (Å²) in [5.74, 6) is 1.30. The molecule has 1 heterocycles. The first-order valence-corrected chi connectivity index (χ1v) is 5.81. The Morgan fingerprint density at radius 1 is 0.842 bits per heavy atom. The normalized spacial score (nSPS) is 10.8. The molecule has 0 amide bonds. The molecule has 0 unspecified atom stereocenters. The van der Waals surface area contributed by atoms with Gasteiger partial charge in [-0.25, -0.2) is 0 Å². The van der Waals surface area contributed by atoms with E-state index in [1.54, 1.807) is 50.6 Å². The molecular formula is C15H12O4. The molecule has 0 aliphatic heterocycles. The molecule has 4 nitrogen and oxygen atoms in total. The van der Waals surface area contributed by atoms with E-state index in [9.17, 15) is 4.79 Å². The molecule has 0 saturated carbocycles. The Labute approximate surface area is 109 Å². The lowest BCUT2D eigenvalue weighted by atomic mass is 10.1. The van der Waals surface area contributed by atoms with Gasteiger partial charge in [0.15, 0.2) is 0 Å². The number of ether oxygens (including phenoxy) is 2. The Morgan fingerprint density at radius 2 is 1.32 bits per heavy atom. The summed E-state index contributed by atoms with van der Waals surface area (Å²) in [6.45, 7) is 0. The van der Waals surface area contributed by atoms with E-state index in [0.717, 1.165) is 0 Å². The average molecular weight is 256 g/mol. The maximum atomic E-state index is 12.3. The second-order valence-electron chi connectivity index (χ2n) is 4.16. The van der Waals surface area contributed by atoms with Crippen molar-refractivity contribution in [2.24, 2.45) is 0 Å². The molecule has 0 fully saturated rings. The summed E-state index contributed by atoms with van der Waals surface area (Å²) < 4.78 is 16.0. The molecule has 96 valence electrons. The number of hydrogen-bond donors (Lipinski definition) is 0. The van der Waals surface area contributed by atoms with Gasteiger partial charge in [-0.3, -0.25) is 4.79 Å². The lowest BCUT2D eigenvalue weighted by Crippen LogP contribution is -2.02.